The maximum absolute atomic E-state index is 15.2. The lowest BCUT2D eigenvalue weighted by Gasteiger charge is -2.57. The van der Waals surface area contributed by atoms with Crippen LogP contribution in [0.2, 0.25) is 0 Å². The van der Waals surface area contributed by atoms with E-state index in [1.54, 1.807) is 0 Å². The van der Waals surface area contributed by atoms with Crippen molar-refractivity contribution < 1.29 is 14.3 Å². The molecule has 5 fully saturated rings. The number of rotatable bonds is 3. The molecule has 8 rings (SSSR count). The topological polar surface area (TPSA) is 52.9 Å². The van der Waals surface area contributed by atoms with Gasteiger partial charge in [0.2, 0.25) is 0 Å². The van der Waals surface area contributed by atoms with Crippen molar-refractivity contribution in [1.82, 2.24) is 4.90 Å². The molecule has 4 bridgehead atoms. The number of amidine groups is 1. The molecule has 0 unspecified atom stereocenters. The van der Waals surface area contributed by atoms with Gasteiger partial charge < -0.3 is 10.0 Å². The van der Waals surface area contributed by atoms with Gasteiger partial charge in [-0.1, -0.05) is 18.2 Å². The summed E-state index contributed by atoms with van der Waals surface area (Å²) < 4.78 is 15.2. The Morgan fingerprint density at radius 3 is 2.39 bits per heavy atom. The van der Waals surface area contributed by atoms with E-state index in [-0.39, 0.29) is 17.1 Å². The van der Waals surface area contributed by atoms with E-state index in [9.17, 15) is 9.90 Å². The van der Waals surface area contributed by atoms with Crippen molar-refractivity contribution in [2.75, 3.05) is 13.1 Å². The van der Waals surface area contributed by atoms with Crippen LogP contribution in [0.1, 0.15) is 62.5 Å². The quantitative estimate of drug-likeness (QED) is 0.473. The van der Waals surface area contributed by atoms with E-state index in [1.807, 2.05) is 36.4 Å². The number of benzene rings is 2. The van der Waals surface area contributed by atoms with Gasteiger partial charge in [-0.3, -0.25) is 4.79 Å². The summed E-state index contributed by atoms with van der Waals surface area (Å²) in [6.07, 6.45) is 11.3. The Morgan fingerprint density at radius 2 is 1.69 bits per heavy atom. The zero-order valence-electron chi connectivity index (χ0n) is 20.4. The molecule has 2 aromatic carbocycles. The van der Waals surface area contributed by atoms with Crippen molar-refractivity contribution in [1.29, 1.82) is 0 Å². The number of aromatic hydroxyl groups is 1. The molecule has 0 radical (unpaired) electrons. The molecule has 4 saturated carbocycles. The highest BCUT2D eigenvalue weighted by atomic mass is 32.2. The molecule has 1 N–H and O–H groups in total. The van der Waals surface area contributed by atoms with Crippen LogP contribution < -0.4 is 0 Å². The van der Waals surface area contributed by atoms with E-state index in [0.717, 1.165) is 72.6 Å². The Labute approximate surface area is 215 Å². The maximum Gasteiger partial charge on any atom is 0.286 e. The Hall–Kier alpha value is -2.60. The lowest BCUT2D eigenvalue weighted by molar-refractivity contribution is -0.113. The summed E-state index contributed by atoms with van der Waals surface area (Å²) in [5.74, 6) is 1.27. The highest BCUT2D eigenvalue weighted by molar-refractivity contribution is 8.18. The normalized spacial score (nSPS) is 32.1. The van der Waals surface area contributed by atoms with Crippen LogP contribution in [0.4, 0.5) is 4.39 Å². The monoisotopic (exact) mass is 502 g/mol. The summed E-state index contributed by atoms with van der Waals surface area (Å²) in [5.41, 5.74) is 3.29. The standard InChI is InChI=1S/C30H31FN2O2S/c31-25-14-23(13-24(27(25)34)30-15-19-8-20(16-30)10-21(9-19)17-30)22-5-3-4-18(11-22)12-26-28(35)32-29(36-26)33-6-1-2-7-33/h3-5,11-14,19-21,34H,1-2,6-10,15-17H2/b26-12-. The van der Waals surface area contributed by atoms with Crippen molar-refractivity contribution in [2.24, 2.45) is 22.7 Å². The highest BCUT2D eigenvalue weighted by Gasteiger charge is 2.52. The molecule has 4 aliphatic carbocycles. The van der Waals surface area contributed by atoms with E-state index in [0.29, 0.717) is 22.7 Å². The van der Waals surface area contributed by atoms with Gasteiger partial charge in [-0.25, -0.2) is 4.39 Å². The van der Waals surface area contributed by atoms with Crippen molar-refractivity contribution in [3.8, 4) is 16.9 Å². The minimum atomic E-state index is -0.535. The van der Waals surface area contributed by atoms with Gasteiger partial charge in [0.25, 0.3) is 5.91 Å². The number of phenolic OH excluding ortho intramolecular Hbond substituents is 1. The molecule has 6 heteroatoms. The van der Waals surface area contributed by atoms with Gasteiger partial charge in [0, 0.05) is 18.7 Å². The van der Waals surface area contributed by atoms with Crippen molar-refractivity contribution >= 4 is 28.9 Å². The minimum absolute atomic E-state index is 0.0918. The molecular formula is C30H31FN2O2S. The van der Waals surface area contributed by atoms with E-state index in [2.05, 4.69) is 9.89 Å². The van der Waals surface area contributed by atoms with Crippen LogP contribution in [0.15, 0.2) is 46.3 Å². The second kappa shape index (κ2) is 8.47. The zero-order valence-corrected chi connectivity index (χ0v) is 21.2. The Kier molecular flexibility index (Phi) is 5.32. The van der Waals surface area contributed by atoms with Crippen molar-refractivity contribution in [3.63, 3.8) is 0 Å². The van der Waals surface area contributed by atoms with Crippen LogP contribution in [-0.4, -0.2) is 34.2 Å². The number of amides is 1. The Balaban J connectivity index is 1.20. The fourth-order valence-corrected chi connectivity index (χ4v) is 8.98. The molecule has 1 amide bonds. The summed E-state index contributed by atoms with van der Waals surface area (Å²) in [4.78, 5) is 19.6. The number of hydrogen-bond donors (Lipinski definition) is 1. The number of hydrogen-bond acceptors (Lipinski definition) is 4. The number of aliphatic imine (C=N–C) groups is 1. The highest BCUT2D eigenvalue weighted by Crippen LogP contribution is 2.62. The second-order valence-corrected chi connectivity index (χ2v) is 12.7. The molecule has 0 spiro atoms. The molecule has 0 atom stereocenters. The first-order chi connectivity index (χ1) is 17.5. The third-order valence-corrected chi connectivity index (χ3v) is 10.2. The number of carbonyl (C=O) groups is 1. The predicted octanol–water partition coefficient (Wildman–Crippen LogP) is 6.73. The van der Waals surface area contributed by atoms with Gasteiger partial charge in [-0.05, 0) is 127 Å². The van der Waals surface area contributed by atoms with Gasteiger partial charge in [0.1, 0.15) is 0 Å². The predicted molar refractivity (Wildman–Crippen MR) is 142 cm³/mol. The number of thioether (sulfide) groups is 1. The Morgan fingerprint density at radius 1 is 1.00 bits per heavy atom. The third kappa shape index (κ3) is 3.80. The minimum Gasteiger partial charge on any atom is -0.505 e. The first kappa shape index (κ1) is 22.6. The lowest BCUT2D eigenvalue weighted by atomic mass is 9.48. The first-order valence-electron chi connectivity index (χ1n) is 13.4. The van der Waals surface area contributed by atoms with Gasteiger partial charge in [0.15, 0.2) is 16.7 Å². The Bertz CT molecular complexity index is 1270. The molecule has 2 aromatic rings. The largest absolute Gasteiger partial charge is 0.505 e. The maximum atomic E-state index is 15.2. The molecule has 2 aliphatic heterocycles. The number of carbonyl (C=O) groups excluding carboxylic acids is 1. The number of phenols is 1. The van der Waals surface area contributed by atoms with Crippen molar-refractivity contribution in [2.45, 2.75) is 56.8 Å². The van der Waals surface area contributed by atoms with E-state index < -0.39 is 5.82 Å². The second-order valence-electron chi connectivity index (χ2n) is 11.7. The van der Waals surface area contributed by atoms with Crippen LogP contribution in [0.3, 0.4) is 0 Å². The van der Waals surface area contributed by atoms with Gasteiger partial charge >= 0.3 is 0 Å². The van der Waals surface area contributed by atoms with E-state index in [4.69, 9.17) is 0 Å². The van der Waals surface area contributed by atoms with E-state index in [1.165, 1.54) is 37.1 Å². The molecule has 36 heavy (non-hydrogen) atoms. The number of nitrogens with zero attached hydrogens (tertiary/aromatic N) is 2. The fourth-order valence-electron chi connectivity index (χ4n) is 8.01. The number of likely N-dealkylation sites (tertiary alicyclic amines) is 1. The average molecular weight is 503 g/mol. The lowest BCUT2D eigenvalue weighted by Crippen LogP contribution is -2.48. The SMILES string of the molecule is O=C1N=C(N2CCCC2)S/C1=C\c1cccc(-c2cc(F)c(O)c(C34CC5CC(CC(C5)C3)C4)c2)c1. The van der Waals surface area contributed by atoms with Crippen molar-refractivity contribution in [3.05, 3.63) is 58.2 Å². The smallest absolute Gasteiger partial charge is 0.286 e. The van der Waals surface area contributed by atoms with E-state index >= 15 is 4.39 Å². The third-order valence-electron chi connectivity index (χ3n) is 9.18. The average Bonchev–Trinajstić information content (AvgIpc) is 3.50. The molecule has 1 saturated heterocycles. The molecule has 6 aliphatic rings. The summed E-state index contributed by atoms with van der Waals surface area (Å²) in [6.45, 7) is 1.92. The summed E-state index contributed by atoms with van der Waals surface area (Å²) in [5, 5.41) is 11.7. The van der Waals surface area contributed by atoms with Crippen LogP contribution in [0.5, 0.6) is 5.75 Å². The fraction of sp³-hybridized carbons (Fsp3) is 0.467. The summed E-state index contributed by atoms with van der Waals surface area (Å²) in [7, 11) is 0. The first-order valence-corrected chi connectivity index (χ1v) is 14.2. The zero-order chi connectivity index (χ0) is 24.4. The van der Waals surface area contributed by atoms with Gasteiger partial charge in [-0.2, -0.15) is 4.99 Å². The molecule has 0 aromatic heterocycles. The van der Waals surface area contributed by atoms with Crippen LogP contribution in [0, 0.1) is 23.6 Å². The summed E-state index contributed by atoms with van der Waals surface area (Å²) in [6, 6.07) is 11.4. The number of halogens is 1. The molecule has 4 nitrogen and oxygen atoms in total. The molecular weight excluding hydrogens is 471 g/mol. The van der Waals surface area contributed by atoms with Gasteiger partial charge in [-0.15, -0.1) is 0 Å². The van der Waals surface area contributed by atoms with Crippen LogP contribution in [-0.2, 0) is 10.2 Å². The van der Waals surface area contributed by atoms with Crippen LogP contribution >= 0.6 is 11.8 Å². The van der Waals surface area contributed by atoms with Gasteiger partial charge in [0.05, 0.1) is 4.91 Å². The molecule has 2 heterocycles. The molecule has 186 valence electrons. The summed E-state index contributed by atoms with van der Waals surface area (Å²) >= 11 is 1.45. The van der Waals surface area contributed by atoms with Crippen LogP contribution in [0.25, 0.3) is 17.2 Å².